The maximum absolute atomic E-state index is 12.3. The molecule has 0 bridgehead atoms. The van der Waals surface area contributed by atoms with Crippen molar-refractivity contribution in [2.75, 3.05) is 24.5 Å². The Hall–Kier alpha value is -3.68. The summed E-state index contributed by atoms with van der Waals surface area (Å²) in [6.45, 7) is 2.24. The lowest BCUT2D eigenvalue weighted by Gasteiger charge is -2.28. The number of aromatic nitrogens is 3. The van der Waals surface area contributed by atoms with Gasteiger partial charge in [0, 0.05) is 43.9 Å². The molecular weight excluding hydrogens is 356 g/mol. The first kappa shape index (κ1) is 17.7. The van der Waals surface area contributed by atoms with Gasteiger partial charge in [-0.15, -0.1) is 0 Å². The summed E-state index contributed by atoms with van der Waals surface area (Å²) in [5.41, 5.74) is 2.48. The fourth-order valence-electron chi connectivity index (χ4n) is 3.03. The number of anilines is 1. The standard InChI is InChI=1S/C20H20N6O2/c27-19-14-25(11-9-21-19)17-5-2-15(3-6-17)12-23-20(28)16-4-7-18(22-13-16)26-10-1-8-24-26/h1-8,10,13H,9,11-12,14H2,(H,21,27)(H,23,28). The van der Waals surface area contributed by atoms with Crippen molar-refractivity contribution in [3.05, 3.63) is 72.2 Å². The zero-order chi connectivity index (χ0) is 19.3. The first-order valence-electron chi connectivity index (χ1n) is 9.04. The van der Waals surface area contributed by atoms with Gasteiger partial charge in [0.15, 0.2) is 5.82 Å². The van der Waals surface area contributed by atoms with Gasteiger partial charge < -0.3 is 15.5 Å². The van der Waals surface area contributed by atoms with Gasteiger partial charge in [-0.2, -0.15) is 5.10 Å². The van der Waals surface area contributed by atoms with Gasteiger partial charge in [-0.1, -0.05) is 12.1 Å². The molecule has 2 amide bonds. The maximum Gasteiger partial charge on any atom is 0.253 e. The minimum atomic E-state index is -0.184. The van der Waals surface area contributed by atoms with Crippen LogP contribution in [0.1, 0.15) is 15.9 Å². The molecule has 1 aliphatic rings. The smallest absolute Gasteiger partial charge is 0.253 e. The van der Waals surface area contributed by atoms with Crippen LogP contribution in [0.3, 0.4) is 0 Å². The fourth-order valence-corrected chi connectivity index (χ4v) is 3.03. The van der Waals surface area contributed by atoms with Crippen LogP contribution in [-0.2, 0) is 11.3 Å². The lowest BCUT2D eigenvalue weighted by atomic mass is 10.1. The number of hydrogen-bond donors (Lipinski definition) is 2. The number of piperazine rings is 1. The van der Waals surface area contributed by atoms with Gasteiger partial charge in [-0.05, 0) is 35.9 Å². The average molecular weight is 376 g/mol. The van der Waals surface area contributed by atoms with Crippen molar-refractivity contribution < 1.29 is 9.59 Å². The third-order valence-corrected chi connectivity index (χ3v) is 4.54. The number of carbonyl (C=O) groups is 2. The highest BCUT2D eigenvalue weighted by molar-refractivity contribution is 5.93. The predicted octanol–water partition coefficient (Wildman–Crippen LogP) is 1.13. The number of nitrogens with zero attached hydrogens (tertiary/aromatic N) is 4. The van der Waals surface area contributed by atoms with E-state index in [0.717, 1.165) is 17.8 Å². The molecule has 2 aromatic heterocycles. The monoisotopic (exact) mass is 376 g/mol. The Bertz CT molecular complexity index is 951. The Morgan fingerprint density at radius 1 is 1.18 bits per heavy atom. The number of nitrogens with one attached hydrogen (secondary N) is 2. The summed E-state index contributed by atoms with van der Waals surface area (Å²) in [6.07, 6.45) is 5.01. The number of hydrogen-bond acceptors (Lipinski definition) is 5. The molecule has 28 heavy (non-hydrogen) atoms. The van der Waals surface area contributed by atoms with Gasteiger partial charge in [0.05, 0.1) is 12.1 Å². The van der Waals surface area contributed by atoms with Gasteiger partial charge in [-0.3, -0.25) is 9.59 Å². The van der Waals surface area contributed by atoms with E-state index in [2.05, 4.69) is 20.7 Å². The predicted molar refractivity (Wildman–Crippen MR) is 104 cm³/mol. The van der Waals surface area contributed by atoms with E-state index in [1.54, 1.807) is 29.2 Å². The van der Waals surface area contributed by atoms with Gasteiger partial charge in [0.2, 0.25) is 5.91 Å². The van der Waals surface area contributed by atoms with Crippen LogP contribution in [0.5, 0.6) is 0 Å². The first-order valence-corrected chi connectivity index (χ1v) is 9.04. The van der Waals surface area contributed by atoms with E-state index in [0.29, 0.717) is 31.0 Å². The van der Waals surface area contributed by atoms with Crippen LogP contribution in [0, 0.1) is 0 Å². The van der Waals surface area contributed by atoms with E-state index >= 15 is 0 Å². The Kier molecular flexibility index (Phi) is 5.01. The molecule has 2 N–H and O–H groups in total. The Morgan fingerprint density at radius 3 is 2.71 bits per heavy atom. The number of rotatable bonds is 5. The van der Waals surface area contributed by atoms with Gasteiger partial charge >= 0.3 is 0 Å². The zero-order valence-corrected chi connectivity index (χ0v) is 15.2. The van der Waals surface area contributed by atoms with Gasteiger partial charge in [0.25, 0.3) is 5.91 Å². The van der Waals surface area contributed by atoms with Crippen molar-refractivity contribution in [3.63, 3.8) is 0 Å². The molecule has 1 aliphatic heterocycles. The number of pyridine rings is 1. The van der Waals surface area contributed by atoms with E-state index in [4.69, 9.17) is 0 Å². The highest BCUT2D eigenvalue weighted by Gasteiger charge is 2.16. The summed E-state index contributed by atoms with van der Waals surface area (Å²) in [5, 5.41) is 9.82. The Labute approximate surface area is 162 Å². The Morgan fingerprint density at radius 2 is 2.04 bits per heavy atom. The highest BCUT2D eigenvalue weighted by atomic mass is 16.2. The van der Waals surface area contributed by atoms with Crippen LogP contribution < -0.4 is 15.5 Å². The van der Waals surface area contributed by atoms with Crippen LogP contribution in [0.2, 0.25) is 0 Å². The van der Waals surface area contributed by atoms with Crippen LogP contribution >= 0.6 is 0 Å². The summed E-state index contributed by atoms with van der Waals surface area (Å²) < 4.78 is 1.63. The summed E-state index contributed by atoms with van der Waals surface area (Å²) in [5.74, 6) is 0.509. The van der Waals surface area contributed by atoms with Gasteiger partial charge in [-0.25, -0.2) is 9.67 Å². The molecule has 0 radical (unpaired) electrons. The zero-order valence-electron chi connectivity index (χ0n) is 15.2. The molecule has 3 heterocycles. The molecule has 4 rings (SSSR count). The highest BCUT2D eigenvalue weighted by Crippen LogP contribution is 2.16. The quantitative estimate of drug-likeness (QED) is 0.697. The number of amides is 2. The topological polar surface area (TPSA) is 92.2 Å². The van der Waals surface area contributed by atoms with Crippen LogP contribution in [0.4, 0.5) is 5.69 Å². The van der Waals surface area contributed by atoms with E-state index < -0.39 is 0 Å². The average Bonchev–Trinajstić information content (AvgIpc) is 3.27. The second kappa shape index (κ2) is 7.91. The van der Waals surface area contributed by atoms with Crippen molar-refractivity contribution in [1.82, 2.24) is 25.4 Å². The van der Waals surface area contributed by atoms with Crippen molar-refractivity contribution >= 4 is 17.5 Å². The molecule has 0 unspecified atom stereocenters. The molecule has 0 spiro atoms. The summed E-state index contributed by atoms with van der Waals surface area (Å²) in [6, 6.07) is 13.2. The molecule has 8 nitrogen and oxygen atoms in total. The lowest BCUT2D eigenvalue weighted by molar-refractivity contribution is -0.120. The summed E-state index contributed by atoms with van der Waals surface area (Å²) in [7, 11) is 0. The van der Waals surface area contributed by atoms with E-state index in [-0.39, 0.29) is 11.8 Å². The molecule has 1 fully saturated rings. The fraction of sp³-hybridized carbons (Fsp3) is 0.200. The van der Waals surface area contributed by atoms with E-state index in [1.165, 1.54) is 6.20 Å². The van der Waals surface area contributed by atoms with Crippen molar-refractivity contribution in [1.29, 1.82) is 0 Å². The van der Waals surface area contributed by atoms with Crippen molar-refractivity contribution in [2.45, 2.75) is 6.54 Å². The molecule has 1 aromatic carbocycles. The van der Waals surface area contributed by atoms with Crippen molar-refractivity contribution in [3.8, 4) is 5.82 Å². The maximum atomic E-state index is 12.3. The number of carbonyl (C=O) groups excluding carboxylic acids is 2. The van der Waals surface area contributed by atoms with Crippen LogP contribution in [-0.4, -0.2) is 46.2 Å². The lowest BCUT2D eigenvalue weighted by Crippen LogP contribution is -2.47. The molecule has 3 aromatic rings. The van der Waals surface area contributed by atoms with Crippen molar-refractivity contribution in [2.24, 2.45) is 0 Å². The molecule has 0 saturated carbocycles. The van der Waals surface area contributed by atoms with E-state index in [1.807, 2.05) is 35.2 Å². The van der Waals surface area contributed by atoms with Crippen LogP contribution in [0.25, 0.3) is 5.82 Å². The summed E-state index contributed by atoms with van der Waals surface area (Å²) in [4.78, 5) is 30.1. The minimum Gasteiger partial charge on any atom is -0.360 e. The molecule has 8 heteroatoms. The van der Waals surface area contributed by atoms with Crippen LogP contribution in [0.15, 0.2) is 61.1 Å². The first-order chi connectivity index (χ1) is 13.7. The number of benzene rings is 1. The third-order valence-electron chi connectivity index (χ3n) is 4.54. The largest absolute Gasteiger partial charge is 0.360 e. The molecular formula is C20H20N6O2. The second-order valence-corrected chi connectivity index (χ2v) is 6.48. The third kappa shape index (κ3) is 4.01. The minimum absolute atomic E-state index is 0.0368. The second-order valence-electron chi connectivity index (χ2n) is 6.48. The SMILES string of the molecule is O=C1CN(c2ccc(CNC(=O)c3ccc(-n4cccn4)nc3)cc2)CCN1. The molecule has 1 saturated heterocycles. The van der Waals surface area contributed by atoms with E-state index in [9.17, 15) is 9.59 Å². The Balaban J connectivity index is 1.33. The molecule has 0 aliphatic carbocycles. The normalized spacial score (nSPS) is 13.9. The molecule has 142 valence electrons. The van der Waals surface area contributed by atoms with Gasteiger partial charge in [0.1, 0.15) is 0 Å². The summed E-state index contributed by atoms with van der Waals surface area (Å²) >= 11 is 0. The molecule has 0 atom stereocenters.